The molecule has 3 rings (SSSR count). The smallest absolute Gasteiger partial charge is 0.159 e. The van der Waals surface area contributed by atoms with Crippen LogP contribution in [0.4, 0.5) is 28.7 Å². The first-order valence-corrected chi connectivity index (χ1v) is 8.52. The van der Waals surface area contributed by atoms with Gasteiger partial charge in [0.25, 0.3) is 0 Å². The van der Waals surface area contributed by atoms with Crippen molar-refractivity contribution in [3.8, 4) is 11.5 Å². The predicted molar refractivity (Wildman–Crippen MR) is 109 cm³/mol. The van der Waals surface area contributed by atoms with E-state index in [1.807, 2.05) is 37.3 Å². The van der Waals surface area contributed by atoms with Crippen LogP contribution in [0, 0.1) is 6.92 Å². The first-order chi connectivity index (χ1) is 13.0. The molecule has 140 valence electrons. The summed E-state index contributed by atoms with van der Waals surface area (Å²) in [5.41, 5.74) is 9.18. The molecule has 0 atom stereocenters. The molecule has 0 spiro atoms. The van der Waals surface area contributed by atoms with Gasteiger partial charge in [-0.15, -0.1) is 0 Å². The van der Waals surface area contributed by atoms with Crippen LogP contribution in [0.15, 0.2) is 42.7 Å². The lowest BCUT2D eigenvalue weighted by atomic mass is 10.2. The number of hydrogen-bond acceptors (Lipinski definition) is 7. The number of hydrogen-bond donors (Lipinski definition) is 3. The van der Waals surface area contributed by atoms with Gasteiger partial charge < -0.3 is 25.8 Å². The van der Waals surface area contributed by atoms with E-state index in [2.05, 4.69) is 20.6 Å². The third-order valence-electron chi connectivity index (χ3n) is 4.00. The summed E-state index contributed by atoms with van der Waals surface area (Å²) in [7, 11) is 3.18. The quantitative estimate of drug-likeness (QED) is 0.574. The van der Waals surface area contributed by atoms with Gasteiger partial charge >= 0.3 is 0 Å². The number of halogens is 1. The van der Waals surface area contributed by atoms with Crippen LogP contribution in [0.3, 0.4) is 0 Å². The van der Waals surface area contributed by atoms with Crippen LogP contribution in [0.2, 0.25) is 5.02 Å². The van der Waals surface area contributed by atoms with Gasteiger partial charge in [0.2, 0.25) is 0 Å². The van der Waals surface area contributed by atoms with E-state index in [4.69, 9.17) is 26.8 Å². The molecule has 0 amide bonds. The molecule has 0 aliphatic carbocycles. The molecule has 0 aliphatic rings. The molecular weight excluding hydrogens is 366 g/mol. The van der Waals surface area contributed by atoms with Crippen molar-refractivity contribution < 1.29 is 9.47 Å². The van der Waals surface area contributed by atoms with E-state index in [0.29, 0.717) is 39.5 Å². The summed E-state index contributed by atoms with van der Waals surface area (Å²) in [6.07, 6.45) is 1.43. The van der Waals surface area contributed by atoms with Crippen molar-refractivity contribution in [2.45, 2.75) is 6.92 Å². The monoisotopic (exact) mass is 385 g/mol. The Bertz CT molecular complexity index is 965. The predicted octanol–water partition coefficient (Wildman–Crippen LogP) is 4.53. The SMILES string of the molecule is COc1ccc(Nc2ncnc(Nc3cc(Cl)ccc3C)c2N)c(OC)c1. The number of nitrogens with one attached hydrogen (secondary N) is 2. The van der Waals surface area contributed by atoms with Gasteiger partial charge in [0.1, 0.15) is 23.5 Å². The van der Waals surface area contributed by atoms with Crippen molar-refractivity contribution >= 4 is 40.3 Å². The fraction of sp³-hybridized carbons (Fsp3) is 0.158. The molecule has 0 radical (unpaired) electrons. The lowest BCUT2D eigenvalue weighted by Gasteiger charge is -2.15. The zero-order valence-electron chi connectivity index (χ0n) is 15.2. The Morgan fingerprint density at radius 3 is 2.30 bits per heavy atom. The van der Waals surface area contributed by atoms with Crippen molar-refractivity contribution in [3.63, 3.8) is 0 Å². The van der Waals surface area contributed by atoms with Crippen molar-refractivity contribution in [1.29, 1.82) is 0 Å². The highest BCUT2D eigenvalue weighted by Gasteiger charge is 2.12. The number of nitrogen functional groups attached to an aromatic ring is 1. The summed E-state index contributed by atoms with van der Waals surface area (Å²) in [6, 6.07) is 11.0. The van der Waals surface area contributed by atoms with Crippen molar-refractivity contribution in [1.82, 2.24) is 9.97 Å². The Kier molecular flexibility index (Phi) is 5.52. The molecule has 1 heterocycles. The number of rotatable bonds is 6. The number of nitrogens with zero attached hydrogens (tertiary/aromatic N) is 2. The third kappa shape index (κ3) is 4.15. The van der Waals surface area contributed by atoms with Gasteiger partial charge in [0.15, 0.2) is 11.6 Å². The Morgan fingerprint density at radius 2 is 1.63 bits per heavy atom. The topological polar surface area (TPSA) is 94.3 Å². The zero-order chi connectivity index (χ0) is 19.4. The van der Waals surface area contributed by atoms with Gasteiger partial charge in [-0.05, 0) is 36.8 Å². The lowest BCUT2D eigenvalue weighted by Crippen LogP contribution is -2.06. The molecule has 7 nitrogen and oxygen atoms in total. The summed E-state index contributed by atoms with van der Waals surface area (Å²) in [4.78, 5) is 8.47. The van der Waals surface area contributed by atoms with Crippen LogP contribution in [-0.2, 0) is 0 Å². The average molecular weight is 386 g/mol. The molecule has 0 bridgehead atoms. The van der Waals surface area contributed by atoms with E-state index in [1.165, 1.54) is 6.33 Å². The minimum atomic E-state index is 0.370. The molecule has 8 heteroatoms. The van der Waals surface area contributed by atoms with Gasteiger partial charge in [0, 0.05) is 16.8 Å². The second kappa shape index (κ2) is 8.01. The summed E-state index contributed by atoms with van der Waals surface area (Å²) < 4.78 is 10.6. The number of nitrogens with two attached hydrogens (primary N) is 1. The van der Waals surface area contributed by atoms with E-state index in [0.717, 1.165) is 11.3 Å². The summed E-state index contributed by atoms with van der Waals surface area (Å²) in [6.45, 7) is 1.97. The molecule has 0 fully saturated rings. The maximum Gasteiger partial charge on any atom is 0.159 e. The van der Waals surface area contributed by atoms with E-state index < -0.39 is 0 Å². The Labute approximate surface area is 162 Å². The van der Waals surface area contributed by atoms with Crippen LogP contribution in [0.1, 0.15) is 5.56 Å². The standard InChI is InChI=1S/C19H20ClN5O2/c1-11-4-5-12(20)8-15(11)25-19-17(21)18(22-10-23-19)24-14-7-6-13(26-2)9-16(14)27-3/h4-10H,21H2,1-3H3,(H2,22,23,24,25). The number of aromatic nitrogens is 2. The first-order valence-electron chi connectivity index (χ1n) is 8.14. The highest BCUT2D eigenvalue weighted by molar-refractivity contribution is 6.30. The number of aryl methyl sites for hydroxylation is 1. The van der Waals surface area contributed by atoms with E-state index in [9.17, 15) is 0 Å². The molecule has 0 saturated carbocycles. The maximum absolute atomic E-state index is 6.27. The van der Waals surface area contributed by atoms with Crippen molar-refractivity contribution in [3.05, 3.63) is 53.3 Å². The van der Waals surface area contributed by atoms with Gasteiger partial charge in [-0.3, -0.25) is 0 Å². The van der Waals surface area contributed by atoms with Gasteiger partial charge in [-0.25, -0.2) is 9.97 Å². The maximum atomic E-state index is 6.27. The van der Waals surface area contributed by atoms with E-state index in [1.54, 1.807) is 20.3 Å². The molecule has 3 aromatic rings. The molecule has 4 N–H and O–H groups in total. The number of ether oxygens (including phenoxy) is 2. The highest BCUT2D eigenvalue weighted by atomic mass is 35.5. The number of benzene rings is 2. The van der Waals surface area contributed by atoms with E-state index >= 15 is 0 Å². The van der Waals surface area contributed by atoms with Gasteiger partial charge in [-0.1, -0.05) is 17.7 Å². The van der Waals surface area contributed by atoms with Crippen molar-refractivity contribution in [2.24, 2.45) is 0 Å². The van der Waals surface area contributed by atoms with Crippen LogP contribution in [0.5, 0.6) is 11.5 Å². The van der Waals surface area contributed by atoms with Gasteiger partial charge in [-0.2, -0.15) is 0 Å². The number of anilines is 5. The zero-order valence-corrected chi connectivity index (χ0v) is 16.0. The molecular formula is C19H20ClN5O2. The molecule has 0 unspecified atom stereocenters. The second-order valence-electron chi connectivity index (χ2n) is 5.76. The van der Waals surface area contributed by atoms with Crippen molar-refractivity contribution in [2.75, 3.05) is 30.6 Å². The van der Waals surface area contributed by atoms with Crippen LogP contribution in [0.25, 0.3) is 0 Å². The summed E-state index contributed by atoms with van der Waals surface area (Å²) in [5.74, 6) is 2.22. The highest BCUT2D eigenvalue weighted by Crippen LogP contribution is 2.34. The fourth-order valence-electron chi connectivity index (χ4n) is 2.48. The Hall–Kier alpha value is -3.19. The Morgan fingerprint density at radius 1 is 0.926 bits per heavy atom. The summed E-state index contributed by atoms with van der Waals surface area (Å²) >= 11 is 6.08. The number of methoxy groups -OCH3 is 2. The molecule has 27 heavy (non-hydrogen) atoms. The summed E-state index contributed by atoms with van der Waals surface area (Å²) in [5, 5.41) is 7.00. The average Bonchev–Trinajstić information content (AvgIpc) is 2.68. The first kappa shape index (κ1) is 18.6. The van der Waals surface area contributed by atoms with Crippen LogP contribution >= 0.6 is 11.6 Å². The Balaban J connectivity index is 1.90. The van der Waals surface area contributed by atoms with Gasteiger partial charge in [0.05, 0.1) is 19.9 Å². The minimum Gasteiger partial charge on any atom is -0.497 e. The molecule has 0 saturated heterocycles. The fourth-order valence-corrected chi connectivity index (χ4v) is 2.65. The van der Waals surface area contributed by atoms with Crippen LogP contribution in [-0.4, -0.2) is 24.2 Å². The van der Waals surface area contributed by atoms with E-state index in [-0.39, 0.29) is 0 Å². The normalized spacial score (nSPS) is 10.4. The molecule has 1 aromatic heterocycles. The molecule has 2 aromatic carbocycles. The molecule has 0 aliphatic heterocycles. The lowest BCUT2D eigenvalue weighted by molar-refractivity contribution is 0.395. The third-order valence-corrected chi connectivity index (χ3v) is 4.23. The minimum absolute atomic E-state index is 0.370. The second-order valence-corrected chi connectivity index (χ2v) is 6.20. The largest absolute Gasteiger partial charge is 0.497 e. The van der Waals surface area contributed by atoms with Crippen LogP contribution < -0.4 is 25.8 Å².